The van der Waals surface area contributed by atoms with Gasteiger partial charge in [0.05, 0.1) is 37.4 Å². The third kappa shape index (κ3) is 4.39. The molecule has 4 heterocycles. The van der Waals surface area contributed by atoms with Gasteiger partial charge in [0.15, 0.2) is 6.04 Å². The van der Waals surface area contributed by atoms with Crippen LogP contribution in [0.5, 0.6) is 0 Å². The molecule has 9 nitrogen and oxygen atoms in total. The van der Waals surface area contributed by atoms with Crippen molar-refractivity contribution < 1.29 is 33.5 Å². The van der Waals surface area contributed by atoms with E-state index in [1.54, 1.807) is 0 Å². The molecule has 0 amide bonds. The van der Waals surface area contributed by atoms with Gasteiger partial charge in [-0.1, -0.05) is 12.1 Å². The summed E-state index contributed by atoms with van der Waals surface area (Å²) in [6.07, 6.45) is 10.4. The summed E-state index contributed by atoms with van der Waals surface area (Å²) in [5.41, 5.74) is 4.21. The van der Waals surface area contributed by atoms with E-state index in [1.807, 2.05) is 24.4 Å². The Kier molecular flexibility index (Phi) is 5.87. The lowest BCUT2D eigenvalue weighted by Gasteiger charge is -2.28. The molecule has 2 atom stereocenters. The van der Waals surface area contributed by atoms with E-state index in [0.717, 1.165) is 17.1 Å². The fraction of sp³-hybridized carbons (Fsp3) is 0.316. The van der Waals surface area contributed by atoms with E-state index in [1.165, 1.54) is 11.7 Å². The number of allylic oxidation sites excluding steroid dienone is 4. The van der Waals surface area contributed by atoms with Gasteiger partial charge in [0.1, 0.15) is 11.8 Å². The van der Waals surface area contributed by atoms with E-state index < -0.39 is 10.2 Å². The van der Waals surface area contributed by atoms with Gasteiger partial charge in [-0.2, -0.15) is 0 Å². The van der Waals surface area contributed by atoms with Gasteiger partial charge in [-0.25, -0.2) is 33.4 Å². The van der Waals surface area contributed by atoms with E-state index >= 15 is 0 Å². The highest BCUT2D eigenvalue weighted by Gasteiger charge is 2.55. The molecule has 0 saturated carbocycles. The first-order valence-corrected chi connectivity index (χ1v) is 10.1. The van der Waals surface area contributed by atoms with Crippen LogP contribution in [0.2, 0.25) is 0 Å². The summed E-state index contributed by atoms with van der Waals surface area (Å²) in [6.45, 7) is 4.22. The second-order valence-corrected chi connectivity index (χ2v) is 7.65. The molecule has 4 rings (SSSR count). The second-order valence-electron chi connectivity index (χ2n) is 6.89. The average molecular weight is 420 g/mol. The quantitative estimate of drug-likeness (QED) is 0.458. The predicted octanol–water partition coefficient (Wildman–Crippen LogP) is -2.55. The van der Waals surface area contributed by atoms with Crippen LogP contribution in [0, 0.1) is 10.2 Å². The molecule has 29 heavy (non-hydrogen) atoms. The monoisotopic (exact) mass is 419 g/mol. The van der Waals surface area contributed by atoms with Gasteiger partial charge in [0.2, 0.25) is 0 Å². The summed E-state index contributed by atoms with van der Waals surface area (Å²) in [5.74, 6) is 1.17. The third-order valence-corrected chi connectivity index (χ3v) is 4.82. The lowest BCUT2D eigenvalue weighted by atomic mass is 9.96. The lowest BCUT2D eigenvalue weighted by molar-refractivity contribution is -2.00. The molecule has 0 aromatic carbocycles. The number of halogens is 1. The molecule has 154 valence electrons. The number of nitrogens with zero attached hydrogens (tertiary/aromatic N) is 5. The van der Waals surface area contributed by atoms with E-state index in [-0.39, 0.29) is 12.1 Å². The SMILES string of the molecule is CC1=C(C)N2C(=[N+](C)C)N3C=CC=CC3C2C(c2ccccn2)=N1.[O-][Cl+3]([O-])([O-])[O-]. The maximum atomic E-state index is 8.49. The highest BCUT2D eigenvalue weighted by Crippen LogP contribution is 2.36. The van der Waals surface area contributed by atoms with Crippen LogP contribution in [-0.4, -0.2) is 57.2 Å². The fourth-order valence-corrected chi connectivity index (χ4v) is 3.69. The normalized spacial score (nSPS) is 22.8. The molecule has 10 heteroatoms. The zero-order valence-electron chi connectivity index (χ0n) is 16.5. The molecule has 3 aliphatic heterocycles. The minimum atomic E-state index is -4.94. The summed E-state index contributed by atoms with van der Waals surface area (Å²) < 4.78 is 36.1. The largest absolute Gasteiger partial charge is 0.360 e. The van der Waals surface area contributed by atoms with Crippen LogP contribution in [0.25, 0.3) is 0 Å². The van der Waals surface area contributed by atoms with Gasteiger partial charge >= 0.3 is 5.96 Å². The summed E-state index contributed by atoms with van der Waals surface area (Å²) in [5, 5.41) is 0. The van der Waals surface area contributed by atoms with E-state index in [9.17, 15) is 0 Å². The Morgan fingerprint density at radius 1 is 1.07 bits per heavy atom. The number of guanidine groups is 1. The Morgan fingerprint density at radius 3 is 2.34 bits per heavy atom. The first-order chi connectivity index (χ1) is 13.6. The lowest BCUT2D eigenvalue weighted by Crippen LogP contribution is -2.68. The zero-order valence-corrected chi connectivity index (χ0v) is 17.3. The molecule has 1 aromatic rings. The summed E-state index contributed by atoms with van der Waals surface area (Å²) >= 11 is 0. The molecule has 0 radical (unpaired) electrons. The predicted molar refractivity (Wildman–Crippen MR) is 95.8 cm³/mol. The van der Waals surface area contributed by atoms with Crippen molar-refractivity contribution in [2.24, 2.45) is 4.99 Å². The Morgan fingerprint density at radius 2 is 1.76 bits per heavy atom. The van der Waals surface area contributed by atoms with Gasteiger partial charge in [-0.05, 0) is 38.1 Å². The molecule has 3 aliphatic rings. The van der Waals surface area contributed by atoms with Crippen molar-refractivity contribution in [1.29, 1.82) is 0 Å². The summed E-state index contributed by atoms with van der Waals surface area (Å²) in [7, 11) is -0.758. The van der Waals surface area contributed by atoms with Crippen molar-refractivity contribution in [3.05, 3.63) is 65.9 Å². The molecule has 2 unspecified atom stereocenters. The summed E-state index contributed by atoms with van der Waals surface area (Å²) in [6, 6.07) is 6.36. The van der Waals surface area contributed by atoms with Crippen molar-refractivity contribution >= 4 is 11.7 Å². The molecular weight excluding hydrogens is 398 g/mol. The van der Waals surface area contributed by atoms with E-state index in [2.05, 4.69) is 71.7 Å². The number of pyridine rings is 1. The molecular formula is C19H22ClN5O4. The van der Waals surface area contributed by atoms with Crippen LogP contribution in [-0.2, 0) is 0 Å². The van der Waals surface area contributed by atoms with E-state index in [4.69, 9.17) is 23.6 Å². The van der Waals surface area contributed by atoms with Crippen LogP contribution in [0.15, 0.2) is 65.2 Å². The average Bonchev–Trinajstić information content (AvgIpc) is 3.00. The van der Waals surface area contributed by atoms with Gasteiger partial charge in [-0.3, -0.25) is 9.56 Å². The minimum Gasteiger partial charge on any atom is -0.269 e. The Balaban J connectivity index is 0.000000431. The Labute approximate surface area is 171 Å². The fourth-order valence-electron chi connectivity index (χ4n) is 3.69. The molecule has 1 saturated heterocycles. The number of rotatable bonds is 1. The van der Waals surface area contributed by atoms with Gasteiger partial charge in [0, 0.05) is 6.20 Å². The van der Waals surface area contributed by atoms with E-state index in [0.29, 0.717) is 0 Å². The molecule has 0 spiro atoms. The van der Waals surface area contributed by atoms with Crippen molar-refractivity contribution in [2.75, 3.05) is 14.1 Å². The highest BCUT2D eigenvalue weighted by atomic mass is 35.7. The molecule has 0 aliphatic carbocycles. The molecule has 0 bridgehead atoms. The Bertz CT molecular complexity index is 924. The van der Waals surface area contributed by atoms with Crippen LogP contribution < -0.4 is 18.6 Å². The minimum absolute atomic E-state index is 0.127. The van der Waals surface area contributed by atoms with Crippen LogP contribution in [0.4, 0.5) is 0 Å². The van der Waals surface area contributed by atoms with Gasteiger partial charge in [-0.15, -0.1) is 10.2 Å². The first kappa shape index (κ1) is 21.2. The van der Waals surface area contributed by atoms with Crippen LogP contribution in [0.3, 0.4) is 0 Å². The summed E-state index contributed by atoms with van der Waals surface area (Å²) in [4.78, 5) is 14.2. The Hall–Kier alpha value is -2.56. The number of aromatic nitrogens is 1. The third-order valence-electron chi connectivity index (χ3n) is 4.82. The maximum Gasteiger partial charge on any atom is 0.360 e. The van der Waals surface area contributed by atoms with Crippen molar-refractivity contribution in [1.82, 2.24) is 14.8 Å². The van der Waals surface area contributed by atoms with Crippen molar-refractivity contribution in [2.45, 2.75) is 25.9 Å². The standard InChI is InChI=1S/C19H22N5.ClHO4/c1-13-14(2)24-18(17(21-13)15-9-5-7-11-20-15)16-10-6-8-12-23(16)19(24)22(3)4;2-1(3,4)5/h5-12,16,18H,1-4H3;(H,2,3,4,5)/q+1;/p-1. The second kappa shape index (κ2) is 8.05. The highest BCUT2D eigenvalue weighted by molar-refractivity contribution is 6.08. The van der Waals surface area contributed by atoms with Crippen LogP contribution in [0.1, 0.15) is 19.5 Å². The van der Waals surface area contributed by atoms with Crippen molar-refractivity contribution in [3.63, 3.8) is 0 Å². The number of fused-ring (bicyclic) bond motifs is 3. The first-order valence-electron chi connectivity index (χ1n) is 8.85. The van der Waals surface area contributed by atoms with Crippen LogP contribution >= 0.6 is 0 Å². The molecule has 1 aromatic heterocycles. The number of hydrogen-bond acceptors (Lipinski definition) is 6. The van der Waals surface area contributed by atoms with Crippen molar-refractivity contribution in [3.8, 4) is 0 Å². The zero-order chi connectivity index (χ0) is 21.3. The smallest absolute Gasteiger partial charge is 0.269 e. The molecule has 1 fully saturated rings. The number of hydrogen-bond donors (Lipinski definition) is 0. The molecule has 0 N–H and O–H groups in total. The maximum absolute atomic E-state index is 8.49. The van der Waals surface area contributed by atoms with Gasteiger partial charge < -0.3 is 0 Å². The van der Waals surface area contributed by atoms with Gasteiger partial charge in [0.25, 0.3) is 0 Å². The topological polar surface area (TPSA) is 127 Å². The number of aliphatic imine (C=N–C) groups is 1.